The predicted molar refractivity (Wildman–Crippen MR) is 110 cm³/mol. The number of hydrogen-bond donors (Lipinski definition) is 1. The molecular weight excluding hydrogens is 342 g/mol. The zero-order chi connectivity index (χ0) is 18.3. The molecule has 4 aromatic rings. The zero-order valence-electron chi connectivity index (χ0n) is 14.8. The van der Waals surface area contributed by atoms with Gasteiger partial charge in [0.2, 0.25) is 0 Å². The van der Waals surface area contributed by atoms with Crippen LogP contribution in [0.4, 0.5) is 5.69 Å². The van der Waals surface area contributed by atoms with Gasteiger partial charge < -0.3 is 10.3 Å². The number of aryl methyl sites for hydroxylation is 2. The van der Waals surface area contributed by atoms with E-state index in [1.165, 1.54) is 11.1 Å². The highest BCUT2D eigenvalue weighted by Crippen LogP contribution is 2.28. The topological polar surface area (TPSA) is 43.8 Å². The molecule has 0 unspecified atom stereocenters. The van der Waals surface area contributed by atoms with Crippen LogP contribution in [0, 0.1) is 13.8 Å². The monoisotopic (exact) mass is 361 g/mol. The molecule has 0 saturated carbocycles. The summed E-state index contributed by atoms with van der Waals surface area (Å²) in [7, 11) is 0. The van der Waals surface area contributed by atoms with Crippen LogP contribution in [0.1, 0.15) is 16.7 Å². The highest BCUT2D eigenvalue weighted by atomic mass is 35.5. The Morgan fingerprint density at radius 3 is 2.42 bits per heavy atom. The van der Waals surface area contributed by atoms with Gasteiger partial charge in [-0.2, -0.15) is 0 Å². The molecule has 0 fully saturated rings. The number of rotatable bonds is 3. The fourth-order valence-corrected chi connectivity index (χ4v) is 3.42. The maximum absolute atomic E-state index is 6.18. The number of nitrogens with zero attached hydrogens (tertiary/aromatic N) is 2. The first kappa shape index (κ1) is 16.7. The smallest absolute Gasteiger partial charge is 0.141 e. The number of anilines is 1. The van der Waals surface area contributed by atoms with Crippen LogP contribution in [0.5, 0.6) is 0 Å². The third kappa shape index (κ3) is 3.06. The minimum Gasteiger partial charge on any atom is -0.399 e. The van der Waals surface area contributed by atoms with Crippen molar-refractivity contribution in [3.63, 3.8) is 0 Å². The molecule has 1 heterocycles. The lowest BCUT2D eigenvalue weighted by Crippen LogP contribution is -2.02. The number of nitrogen functional groups attached to an aromatic ring is 1. The molecule has 3 aromatic carbocycles. The molecule has 4 heteroatoms. The summed E-state index contributed by atoms with van der Waals surface area (Å²) in [5.41, 5.74) is 13.4. The van der Waals surface area contributed by atoms with E-state index in [9.17, 15) is 0 Å². The minimum absolute atomic E-state index is 0.708. The van der Waals surface area contributed by atoms with Crippen LogP contribution in [0.15, 0.2) is 60.7 Å². The van der Waals surface area contributed by atoms with E-state index in [1.54, 1.807) is 0 Å². The van der Waals surface area contributed by atoms with Gasteiger partial charge in [-0.1, -0.05) is 23.7 Å². The Labute approximate surface area is 158 Å². The Hall–Kier alpha value is -2.78. The predicted octanol–water partition coefficient (Wildman–Crippen LogP) is 5.60. The van der Waals surface area contributed by atoms with Crippen molar-refractivity contribution in [2.45, 2.75) is 20.4 Å². The molecule has 0 spiro atoms. The molecule has 26 heavy (non-hydrogen) atoms. The van der Waals surface area contributed by atoms with Gasteiger partial charge in [0, 0.05) is 22.8 Å². The molecule has 0 saturated heterocycles. The fourth-order valence-electron chi connectivity index (χ4n) is 3.21. The normalized spacial score (nSPS) is 11.2. The van der Waals surface area contributed by atoms with Gasteiger partial charge in [-0.3, -0.25) is 0 Å². The molecule has 2 N–H and O–H groups in total. The van der Waals surface area contributed by atoms with E-state index >= 15 is 0 Å². The van der Waals surface area contributed by atoms with Gasteiger partial charge in [0.15, 0.2) is 0 Å². The molecule has 4 rings (SSSR count). The molecule has 3 nitrogen and oxygen atoms in total. The molecule has 0 aliphatic rings. The summed E-state index contributed by atoms with van der Waals surface area (Å²) in [6.45, 7) is 4.96. The van der Waals surface area contributed by atoms with E-state index < -0.39 is 0 Å². The van der Waals surface area contributed by atoms with Crippen molar-refractivity contribution < 1.29 is 0 Å². The molecule has 130 valence electrons. The van der Waals surface area contributed by atoms with Crippen LogP contribution >= 0.6 is 11.6 Å². The van der Waals surface area contributed by atoms with Crippen LogP contribution in [0.25, 0.3) is 22.4 Å². The van der Waals surface area contributed by atoms with Gasteiger partial charge in [-0.15, -0.1) is 0 Å². The lowest BCUT2D eigenvalue weighted by molar-refractivity contribution is 0.834. The van der Waals surface area contributed by atoms with Crippen LogP contribution in [-0.2, 0) is 6.54 Å². The Balaban J connectivity index is 1.93. The number of imidazole rings is 1. The lowest BCUT2D eigenvalue weighted by atomic mass is 10.1. The van der Waals surface area contributed by atoms with Crippen molar-refractivity contribution in [2.75, 3.05) is 5.73 Å². The maximum Gasteiger partial charge on any atom is 0.141 e. The largest absolute Gasteiger partial charge is 0.399 e. The molecule has 0 aliphatic heterocycles. The van der Waals surface area contributed by atoms with Crippen molar-refractivity contribution >= 4 is 28.3 Å². The van der Waals surface area contributed by atoms with Crippen molar-refractivity contribution in [1.29, 1.82) is 0 Å². The summed E-state index contributed by atoms with van der Waals surface area (Å²) in [4.78, 5) is 4.92. The van der Waals surface area contributed by atoms with Crippen molar-refractivity contribution in [3.8, 4) is 11.4 Å². The van der Waals surface area contributed by atoms with Crippen LogP contribution in [0.3, 0.4) is 0 Å². The minimum atomic E-state index is 0.708. The van der Waals surface area contributed by atoms with Crippen LogP contribution in [-0.4, -0.2) is 9.55 Å². The first-order valence-corrected chi connectivity index (χ1v) is 8.97. The second-order valence-electron chi connectivity index (χ2n) is 6.70. The van der Waals surface area contributed by atoms with Crippen molar-refractivity contribution in [3.05, 3.63) is 82.4 Å². The van der Waals surface area contributed by atoms with Crippen LogP contribution in [0.2, 0.25) is 5.02 Å². The summed E-state index contributed by atoms with van der Waals surface area (Å²) >= 11 is 6.18. The van der Waals surface area contributed by atoms with E-state index in [0.717, 1.165) is 38.7 Å². The first-order chi connectivity index (χ1) is 12.5. The van der Waals surface area contributed by atoms with Gasteiger partial charge in [0.05, 0.1) is 11.0 Å². The molecule has 0 bridgehead atoms. The number of halogens is 1. The molecule has 0 radical (unpaired) electrons. The third-order valence-corrected chi connectivity index (χ3v) is 5.00. The molecule has 0 aliphatic carbocycles. The van der Waals surface area contributed by atoms with E-state index in [2.05, 4.69) is 36.6 Å². The number of nitrogens with two attached hydrogens (primary N) is 1. The summed E-state index contributed by atoms with van der Waals surface area (Å²) in [5, 5.41) is 0.744. The van der Waals surface area contributed by atoms with Gasteiger partial charge >= 0.3 is 0 Å². The first-order valence-electron chi connectivity index (χ1n) is 8.59. The molecule has 1 aromatic heterocycles. The summed E-state index contributed by atoms with van der Waals surface area (Å²) < 4.78 is 2.25. The summed E-state index contributed by atoms with van der Waals surface area (Å²) in [6, 6.07) is 20.2. The second-order valence-corrected chi connectivity index (χ2v) is 7.14. The summed E-state index contributed by atoms with van der Waals surface area (Å²) in [6.07, 6.45) is 0. The van der Waals surface area contributed by atoms with Crippen molar-refractivity contribution in [1.82, 2.24) is 9.55 Å². The number of hydrogen-bond acceptors (Lipinski definition) is 2. The molecular formula is C22H20ClN3. The summed E-state index contributed by atoms with van der Waals surface area (Å²) in [5.74, 6) is 0.935. The highest BCUT2D eigenvalue weighted by Gasteiger charge is 2.14. The Bertz CT molecular complexity index is 1090. The number of aromatic nitrogens is 2. The maximum atomic E-state index is 6.18. The van der Waals surface area contributed by atoms with Crippen LogP contribution < -0.4 is 5.73 Å². The SMILES string of the molecule is Cc1cc2nc(-c3ccc(N)cc3)n(Cc3cccc(Cl)c3)c2cc1C. The zero-order valence-corrected chi connectivity index (χ0v) is 15.6. The Morgan fingerprint density at radius 1 is 0.962 bits per heavy atom. The van der Waals surface area contributed by atoms with E-state index in [1.807, 2.05) is 42.5 Å². The van der Waals surface area contributed by atoms with Gasteiger partial charge in [0.25, 0.3) is 0 Å². The van der Waals surface area contributed by atoms with E-state index in [4.69, 9.17) is 22.3 Å². The standard InChI is InChI=1S/C22H20ClN3/c1-14-10-20-21(11-15(14)2)26(13-16-4-3-5-18(23)12-16)22(25-20)17-6-8-19(24)9-7-17/h3-12H,13,24H2,1-2H3. The molecule has 0 amide bonds. The number of benzene rings is 3. The average molecular weight is 362 g/mol. The lowest BCUT2D eigenvalue weighted by Gasteiger charge is -2.11. The quantitative estimate of drug-likeness (QED) is 0.482. The fraction of sp³-hybridized carbons (Fsp3) is 0.136. The van der Waals surface area contributed by atoms with Gasteiger partial charge in [0.1, 0.15) is 5.82 Å². The molecule has 0 atom stereocenters. The second kappa shape index (κ2) is 6.50. The highest BCUT2D eigenvalue weighted by molar-refractivity contribution is 6.30. The van der Waals surface area contributed by atoms with Crippen molar-refractivity contribution in [2.24, 2.45) is 0 Å². The van der Waals surface area contributed by atoms with E-state index in [-0.39, 0.29) is 0 Å². The third-order valence-electron chi connectivity index (χ3n) is 4.76. The number of fused-ring (bicyclic) bond motifs is 1. The Kier molecular flexibility index (Phi) is 4.17. The van der Waals surface area contributed by atoms with Gasteiger partial charge in [-0.05, 0) is 79.1 Å². The Morgan fingerprint density at radius 2 is 1.69 bits per heavy atom. The van der Waals surface area contributed by atoms with E-state index in [0.29, 0.717) is 6.54 Å². The van der Waals surface area contributed by atoms with Gasteiger partial charge in [-0.25, -0.2) is 4.98 Å². The average Bonchev–Trinajstić information content (AvgIpc) is 2.94.